The summed E-state index contributed by atoms with van der Waals surface area (Å²) >= 11 is 0. The molecule has 4 heteroatoms. The molecular formula is C8H15NO3. The minimum Gasteiger partial charge on any atom is -0.450 e. The van der Waals surface area contributed by atoms with Gasteiger partial charge in [-0.3, -0.25) is 4.79 Å². The second-order valence-corrected chi connectivity index (χ2v) is 2.67. The Balaban J connectivity index is 3.61. The van der Waals surface area contributed by atoms with Crippen LogP contribution in [0.4, 0.5) is 4.79 Å². The van der Waals surface area contributed by atoms with Crippen LogP contribution in [0.25, 0.3) is 0 Å². The fourth-order valence-corrected chi connectivity index (χ4v) is 0.856. The van der Waals surface area contributed by atoms with Crippen molar-refractivity contribution in [2.45, 2.75) is 33.2 Å². The van der Waals surface area contributed by atoms with Gasteiger partial charge in [0.15, 0.2) is 0 Å². The Labute approximate surface area is 72.3 Å². The molecule has 0 spiro atoms. The second kappa shape index (κ2) is 5.57. The van der Waals surface area contributed by atoms with Crippen molar-refractivity contribution in [3.8, 4) is 0 Å². The lowest BCUT2D eigenvalue weighted by Gasteiger charge is -2.11. The van der Waals surface area contributed by atoms with Crippen molar-refractivity contribution in [2.24, 2.45) is 0 Å². The Bertz CT molecular complexity index is 168. The van der Waals surface area contributed by atoms with E-state index in [0.717, 1.165) is 0 Å². The van der Waals surface area contributed by atoms with Gasteiger partial charge in [-0.1, -0.05) is 0 Å². The molecule has 0 saturated carbocycles. The molecule has 0 radical (unpaired) electrons. The monoisotopic (exact) mass is 173 g/mol. The molecule has 1 atom stereocenters. The van der Waals surface area contributed by atoms with Crippen LogP contribution in [0.3, 0.4) is 0 Å². The number of Topliss-reactive ketones (excluding diaryl/α,β-unsaturated/α-hetero) is 1. The van der Waals surface area contributed by atoms with Gasteiger partial charge in [0.25, 0.3) is 0 Å². The molecule has 1 amide bonds. The predicted molar refractivity (Wildman–Crippen MR) is 44.9 cm³/mol. The van der Waals surface area contributed by atoms with Crippen molar-refractivity contribution in [2.75, 3.05) is 6.61 Å². The highest BCUT2D eigenvalue weighted by atomic mass is 16.5. The number of ketones is 1. The van der Waals surface area contributed by atoms with E-state index < -0.39 is 6.09 Å². The maximum Gasteiger partial charge on any atom is 0.407 e. The maximum atomic E-state index is 10.8. The average Bonchev–Trinajstić information content (AvgIpc) is 1.84. The second-order valence-electron chi connectivity index (χ2n) is 2.67. The number of ether oxygens (including phenoxy) is 1. The molecule has 0 aromatic heterocycles. The third kappa shape index (κ3) is 5.70. The summed E-state index contributed by atoms with van der Waals surface area (Å²) in [4.78, 5) is 21.4. The van der Waals surface area contributed by atoms with Gasteiger partial charge < -0.3 is 10.1 Å². The first-order valence-electron chi connectivity index (χ1n) is 3.99. The van der Waals surface area contributed by atoms with Crippen molar-refractivity contribution in [1.29, 1.82) is 0 Å². The molecule has 0 aromatic carbocycles. The van der Waals surface area contributed by atoms with Crippen molar-refractivity contribution >= 4 is 11.9 Å². The zero-order valence-corrected chi connectivity index (χ0v) is 7.72. The lowest BCUT2D eigenvalue weighted by molar-refractivity contribution is -0.117. The number of alkyl carbamates (subject to hydrolysis) is 1. The van der Waals surface area contributed by atoms with Crippen LogP contribution in [0.5, 0.6) is 0 Å². The molecule has 0 fully saturated rings. The van der Waals surface area contributed by atoms with Gasteiger partial charge in [0.1, 0.15) is 5.78 Å². The van der Waals surface area contributed by atoms with Crippen molar-refractivity contribution in [1.82, 2.24) is 5.32 Å². The molecular weight excluding hydrogens is 158 g/mol. The molecule has 0 heterocycles. The highest BCUT2D eigenvalue weighted by Crippen LogP contribution is 1.92. The number of carbonyl (C=O) groups excluding carboxylic acids is 2. The van der Waals surface area contributed by atoms with Gasteiger partial charge >= 0.3 is 6.09 Å². The summed E-state index contributed by atoms with van der Waals surface area (Å²) < 4.78 is 4.63. The third-order valence-corrected chi connectivity index (χ3v) is 1.23. The number of rotatable bonds is 4. The molecule has 4 nitrogen and oxygen atoms in total. The lowest BCUT2D eigenvalue weighted by atomic mass is 10.2. The van der Waals surface area contributed by atoms with Crippen LogP contribution in [0.1, 0.15) is 27.2 Å². The fourth-order valence-electron chi connectivity index (χ4n) is 0.856. The van der Waals surface area contributed by atoms with Crippen LogP contribution in [0, 0.1) is 0 Å². The summed E-state index contributed by atoms with van der Waals surface area (Å²) in [7, 11) is 0. The van der Waals surface area contributed by atoms with Gasteiger partial charge in [0.2, 0.25) is 0 Å². The van der Waals surface area contributed by atoms with Crippen LogP contribution in [-0.4, -0.2) is 24.5 Å². The van der Waals surface area contributed by atoms with E-state index in [0.29, 0.717) is 13.0 Å². The van der Waals surface area contributed by atoms with Gasteiger partial charge in [-0.25, -0.2) is 4.79 Å². The van der Waals surface area contributed by atoms with Crippen molar-refractivity contribution in [3.05, 3.63) is 0 Å². The zero-order chi connectivity index (χ0) is 9.56. The fraction of sp³-hybridized carbons (Fsp3) is 0.750. The van der Waals surface area contributed by atoms with Gasteiger partial charge in [-0.05, 0) is 20.8 Å². The Kier molecular flexibility index (Phi) is 5.08. The van der Waals surface area contributed by atoms with E-state index in [9.17, 15) is 9.59 Å². The number of carbonyl (C=O) groups is 2. The number of hydrogen-bond donors (Lipinski definition) is 1. The van der Waals surface area contributed by atoms with E-state index in [1.165, 1.54) is 6.92 Å². The summed E-state index contributed by atoms with van der Waals surface area (Å²) in [5.74, 6) is 0.0549. The van der Waals surface area contributed by atoms with Gasteiger partial charge in [-0.2, -0.15) is 0 Å². The lowest BCUT2D eigenvalue weighted by Crippen LogP contribution is -2.34. The smallest absolute Gasteiger partial charge is 0.407 e. The van der Waals surface area contributed by atoms with Crippen LogP contribution in [-0.2, 0) is 9.53 Å². The topological polar surface area (TPSA) is 55.4 Å². The minimum atomic E-state index is -0.466. The Morgan fingerprint density at radius 2 is 2.08 bits per heavy atom. The van der Waals surface area contributed by atoms with Crippen LogP contribution in [0.15, 0.2) is 0 Å². The van der Waals surface area contributed by atoms with Gasteiger partial charge in [0.05, 0.1) is 6.61 Å². The molecule has 0 bridgehead atoms. The highest BCUT2D eigenvalue weighted by Gasteiger charge is 2.08. The molecule has 0 aromatic rings. The van der Waals surface area contributed by atoms with Crippen molar-refractivity contribution < 1.29 is 14.3 Å². The Morgan fingerprint density at radius 1 is 1.50 bits per heavy atom. The van der Waals surface area contributed by atoms with E-state index in [2.05, 4.69) is 10.1 Å². The van der Waals surface area contributed by atoms with Gasteiger partial charge in [0, 0.05) is 12.5 Å². The normalized spacial score (nSPS) is 11.9. The first-order valence-corrected chi connectivity index (χ1v) is 3.99. The summed E-state index contributed by atoms with van der Waals surface area (Å²) in [6, 6.07) is -0.151. The maximum absolute atomic E-state index is 10.8. The number of nitrogens with one attached hydrogen (secondary N) is 1. The first kappa shape index (κ1) is 10.9. The average molecular weight is 173 g/mol. The molecule has 12 heavy (non-hydrogen) atoms. The van der Waals surface area contributed by atoms with E-state index in [4.69, 9.17) is 0 Å². The highest BCUT2D eigenvalue weighted by molar-refractivity contribution is 5.77. The largest absolute Gasteiger partial charge is 0.450 e. The van der Waals surface area contributed by atoms with Crippen LogP contribution >= 0.6 is 0 Å². The molecule has 0 rings (SSSR count). The minimum absolute atomic E-state index is 0.0549. The predicted octanol–water partition coefficient (Wildman–Crippen LogP) is 1.10. The van der Waals surface area contributed by atoms with Crippen LogP contribution in [0.2, 0.25) is 0 Å². The Morgan fingerprint density at radius 3 is 2.50 bits per heavy atom. The molecule has 70 valence electrons. The van der Waals surface area contributed by atoms with E-state index in [-0.39, 0.29) is 11.8 Å². The SMILES string of the molecule is CCOC(=O)NC(C)CC(C)=O. The summed E-state index contributed by atoms with van der Waals surface area (Å²) in [6.45, 7) is 5.33. The number of amides is 1. The van der Waals surface area contributed by atoms with E-state index in [1.54, 1.807) is 13.8 Å². The Hall–Kier alpha value is -1.06. The molecule has 0 aliphatic rings. The quantitative estimate of drug-likeness (QED) is 0.692. The first-order chi connectivity index (χ1) is 5.56. The summed E-state index contributed by atoms with van der Waals surface area (Å²) in [5.41, 5.74) is 0. The number of hydrogen-bond acceptors (Lipinski definition) is 3. The summed E-state index contributed by atoms with van der Waals surface area (Å²) in [5, 5.41) is 2.53. The van der Waals surface area contributed by atoms with Gasteiger partial charge in [-0.15, -0.1) is 0 Å². The third-order valence-electron chi connectivity index (χ3n) is 1.23. The standard InChI is InChI=1S/C8H15NO3/c1-4-12-8(11)9-6(2)5-7(3)10/h6H,4-5H2,1-3H3,(H,9,11). The molecule has 0 saturated heterocycles. The van der Waals surface area contributed by atoms with E-state index in [1.807, 2.05) is 0 Å². The van der Waals surface area contributed by atoms with E-state index >= 15 is 0 Å². The van der Waals surface area contributed by atoms with Crippen LogP contribution < -0.4 is 5.32 Å². The molecule has 0 aliphatic heterocycles. The van der Waals surface area contributed by atoms with Crippen molar-refractivity contribution in [3.63, 3.8) is 0 Å². The molecule has 1 unspecified atom stereocenters. The molecule has 0 aliphatic carbocycles. The zero-order valence-electron chi connectivity index (χ0n) is 7.72. The molecule has 1 N–H and O–H groups in total. The summed E-state index contributed by atoms with van der Waals surface area (Å²) in [6.07, 6.45) is -0.120.